The topological polar surface area (TPSA) is 115 Å². The molecule has 0 spiro atoms. The van der Waals surface area contributed by atoms with Crippen LogP contribution in [0.15, 0.2) is 138 Å². The van der Waals surface area contributed by atoms with E-state index in [2.05, 4.69) is 16.0 Å². The van der Waals surface area contributed by atoms with Gasteiger partial charge in [0.2, 0.25) is 5.91 Å². The number of ether oxygens (including phenoxy) is 3. The summed E-state index contributed by atoms with van der Waals surface area (Å²) in [5.74, 6) is 0.493. The second kappa shape index (κ2) is 16.7. The Morgan fingerprint density at radius 3 is 2.00 bits per heavy atom. The monoisotopic (exact) mass is 673 g/mol. The van der Waals surface area contributed by atoms with Gasteiger partial charge in [-0.3, -0.25) is 14.4 Å². The third kappa shape index (κ3) is 9.30. The Kier molecular flexibility index (Phi) is 11.7. The zero-order valence-corrected chi connectivity index (χ0v) is 28.0. The van der Waals surface area contributed by atoms with Gasteiger partial charge in [0.1, 0.15) is 28.2 Å². The van der Waals surface area contributed by atoms with Crippen LogP contribution in [0.5, 0.6) is 17.2 Å². The van der Waals surface area contributed by atoms with Gasteiger partial charge in [-0.15, -0.1) is 11.8 Å². The first kappa shape index (κ1) is 34.3. The summed E-state index contributed by atoms with van der Waals surface area (Å²) in [5.41, 5.74) is 2.87. The minimum Gasteiger partial charge on any atom is -0.497 e. The molecule has 0 saturated carbocycles. The number of carbonyl (C=O) groups is 3. The highest BCUT2D eigenvalue weighted by molar-refractivity contribution is 8.00. The molecule has 0 saturated heterocycles. The van der Waals surface area contributed by atoms with Crippen LogP contribution < -0.4 is 30.2 Å². The Morgan fingerprint density at radius 2 is 1.33 bits per heavy atom. The molecule has 0 aliphatic carbocycles. The van der Waals surface area contributed by atoms with Crippen LogP contribution in [0.1, 0.15) is 26.7 Å². The number of carbonyl (C=O) groups excluding carboxylic acids is 3. The SMILES string of the molecule is COc1cccc(NC(=O)C(Sc2ccc(NC(=O)/C(=C/c3cc(OC)ccc3OC)NC(=O)c3ccccc3)cc2)c2ccccc2)c1. The van der Waals surface area contributed by atoms with Crippen LogP contribution in [0.25, 0.3) is 6.08 Å². The van der Waals surface area contributed by atoms with Gasteiger partial charge in [-0.25, -0.2) is 0 Å². The van der Waals surface area contributed by atoms with Crippen molar-refractivity contribution in [1.82, 2.24) is 5.32 Å². The van der Waals surface area contributed by atoms with Crippen LogP contribution in [0.4, 0.5) is 11.4 Å². The molecular formula is C39H35N3O6S. The summed E-state index contributed by atoms with van der Waals surface area (Å²) in [4.78, 5) is 41.1. The number of methoxy groups -OCH3 is 3. The van der Waals surface area contributed by atoms with Crippen molar-refractivity contribution in [1.29, 1.82) is 0 Å². The summed E-state index contributed by atoms with van der Waals surface area (Å²) >= 11 is 1.38. The Balaban J connectivity index is 1.36. The molecule has 5 rings (SSSR count). The number of benzene rings is 5. The van der Waals surface area contributed by atoms with Crippen molar-refractivity contribution in [2.24, 2.45) is 0 Å². The van der Waals surface area contributed by atoms with E-state index < -0.39 is 17.1 Å². The van der Waals surface area contributed by atoms with Crippen molar-refractivity contribution in [3.05, 3.63) is 150 Å². The summed E-state index contributed by atoms with van der Waals surface area (Å²) in [6.45, 7) is 0. The van der Waals surface area contributed by atoms with Crippen LogP contribution in [0.3, 0.4) is 0 Å². The summed E-state index contributed by atoms with van der Waals surface area (Å²) in [6.07, 6.45) is 1.53. The van der Waals surface area contributed by atoms with E-state index in [9.17, 15) is 14.4 Å². The van der Waals surface area contributed by atoms with Crippen LogP contribution in [0, 0.1) is 0 Å². The number of anilines is 2. The molecule has 0 aliphatic rings. The van der Waals surface area contributed by atoms with Gasteiger partial charge in [0.25, 0.3) is 11.8 Å². The van der Waals surface area contributed by atoms with E-state index in [-0.39, 0.29) is 11.6 Å². The lowest BCUT2D eigenvalue weighted by molar-refractivity contribution is -0.116. The Labute approximate surface area is 289 Å². The fourth-order valence-electron chi connectivity index (χ4n) is 4.81. The number of hydrogen-bond acceptors (Lipinski definition) is 7. The van der Waals surface area contributed by atoms with Crippen LogP contribution in [0.2, 0.25) is 0 Å². The van der Waals surface area contributed by atoms with Gasteiger partial charge < -0.3 is 30.2 Å². The number of nitrogens with one attached hydrogen (secondary N) is 3. The van der Waals surface area contributed by atoms with E-state index in [1.54, 1.807) is 79.9 Å². The van der Waals surface area contributed by atoms with Gasteiger partial charge in [0.05, 0.1) is 21.3 Å². The standard InChI is InChI=1S/C39H35N3O6S/c1-46-31-16-10-15-30(25-31)41-39(45)36(26-11-6-4-7-12-26)49-33-20-17-29(18-21-33)40-38(44)34(42-37(43)27-13-8-5-9-14-27)24-28-23-32(47-2)19-22-35(28)48-3/h4-25,36H,1-3H3,(H,40,44)(H,41,45)(H,42,43)/b34-24-. The number of thioether (sulfide) groups is 1. The second-order valence-electron chi connectivity index (χ2n) is 10.6. The molecule has 3 amide bonds. The highest BCUT2D eigenvalue weighted by Crippen LogP contribution is 2.37. The molecule has 49 heavy (non-hydrogen) atoms. The fraction of sp³-hybridized carbons (Fsp3) is 0.103. The van der Waals surface area contributed by atoms with Crippen LogP contribution in [-0.4, -0.2) is 39.1 Å². The summed E-state index contributed by atoms with van der Waals surface area (Å²) in [7, 11) is 4.63. The highest BCUT2D eigenvalue weighted by atomic mass is 32.2. The van der Waals surface area contributed by atoms with E-state index >= 15 is 0 Å². The molecule has 1 atom stereocenters. The number of rotatable bonds is 13. The van der Waals surface area contributed by atoms with Crippen molar-refractivity contribution in [2.75, 3.05) is 32.0 Å². The minimum atomic E-state index is -0.562. The van der Waals surface area contributed by atoms with Crippen molar-refractivity contribution < 1.29 is 28.6 Å². The molecule has 3 N–H and O–H groups in total. The molecule has 5 aromatic carbocycles. The average molecular weight is 674 g/mol. The molecule has 0 bridgehead atoms. The van der Waals surface area contributed by atoms with E-state index in [1.807, 2.05) is 54.6 Å². The predicted molar refractivity (Wildman–Crippen MR) is 193 cm³/mol. The molecular weight excluding hydrogens is 639 g/mol. The van der Waals surface area contributed by atoms with Gasteiger partial charge in [0.15, 0.2) is 0 Å². The predicted octanol–water partition coefficient (Wildman–Crippen LogP) is 7.59. The maximum Gasteiger partial charge on any atom is 0.272 e. The molecule has 1 unspecified atom stereocenters. The molecule has 0 fully saturated rings. The molecule has 0 radical (unpaired) electrons. The zero-order chi connectivity index (χ0) is 34.6. The molecule has 0 aromatic heterocycles. The van der Waals surface area contributed by atoms with E-state index in [1.165, 1.54) is 32.1 Å². The molecule has 5 aromatic rings. The fourth-order valence-corrected chi connectivity index (χ4v) is 5.84. The average Bonchev–Trinajstić information content (AvgIpc) is 3.14. The quantitative estimate of drug-likeness (QED) is 0.0872. The summed E-state index contributed by atoms with van der Waals surface area (Å²) in [6, 6.07) is 37.6. The smallest absolute Gasteiger partial charge is 0.272 e. The normalized spacial score (nSPS) is 11.5. The lowest BCUT2D eigenvalue weighted by Gasteiger charge is -2.18. The van der Waals surface area contributed by atoms with Gasteiger partial charge in [0, 0.05) is 33.5 Å². The second-order valence-corrected chi connectivity index (χ2v) is 11.8. The van der Waals surface area contributed by atoms with Crippen molar-refractivity contribution in [3.63, 3.8) is 0 Å². The largest absolute Gasteiger partial charge is 0.497 e. The Bertz CT molecular complexity index is 1930. The van der Waals surface area contributed by atoms with Gasteiger partial charge in [-0.2, -0.15) is 0 Å². The highest BCUT2D eigenvalue weighted by Gasteiger charge is 2.23. The Morgan fingerprint density at radius 1 is 0.653 bits per heavy atom. The molecule has 0 heterocycles. The van der Waals surface area contributed by atoms with E-state index in [0.717, 1.165) is 10.5 Å². The van der Waals surface area contributed by atoms with Gasteiger partial charge >= 0.3 is 0 Å². The van der Waals surface area contributed by atoms with Crippen molar-refractivity contribution in [2.45, 2.75) is 10.1 Å². The molecule has 0 aliphatic heterocycles. The van der Waals surface area contributed by atoms with E-state index in [0.29, 0.717) is 39.8 Å². The molecule has 10 heteroatoms. The van der Waals surface area contributed by atoms with Crippen LogP contribution >= 0.6 is 11.8 Å². The van der Waals surface area contributed by atoms with E-state index in [4.69, 9.17) is 14.2 Å². The molecule has 248 valence electrons. The number of amides is 3. The van der Waals surface area contributed by atoms with Crippen LogP contribution in [-0.2, 0) is 9.59 Å². The lowest BCUT2D eigenvalue weighted by Crippen LogP contribution is -2.30. The third-order valence-corrected chi connectivity index (χ3v) is 8.58. The Hall–Kier alpha value is -6.00. The van der Waals surface area contributed by atoms with Crippen molar-refractivity contribution in [3.8, 4) is 17.2 Å². The summed E-state index contributed by atoms with van der Waals surface area (Å²) in [5, 5.41) is 8.04. The summed E-state index contributed by atoms with van der Waals surface area (Å²) < 4.78 is 16.1. The van der Waals surface area contributed by atoms with Gasteiger partial charge in [-0.1, -0.05) is 54.6 Å². The first-order valence-electron chi connectivity index (χ1n) is 15.2. The minimum absolute atomic E-state index is 0.00258. The lowest BCUT2D eigenvalue weighted by atomic mass is 10.1. The first-order chi connectivity index (χ1) is 23.9. The first-order valence-corrected chi connectivity index (χ1v) is 16.1. The number of hydrogen-bond donors (Lipinski definition) is 3. The van der Waals surface area contributed by atoms with Gasteiger partial charge in [-0.05, 0) is 78.4 Å². The maximum atomic E-state index is 13.7. The molecule has 9 nitrogen and oxygen atoms in total. The zero-order valence-electron chi connectivity index (χ0n) is 27.1. The maximum absolute atomic E-state index is 13.7. The van der Waals surface area contributed by atoms with Crippen molar-refractivity contribution >= 4 is 46.9 Å². The third-order valence-electron chi connectivity index (χ3n) is 7.31.